The zero-order chi connectivity index (χ0) is 103. The van der Waals surface area contributed by atoms with Gasteiger partial charge in [-0.05, 0) is 135 Å². The molecule has 12 aromatic rings. The zero-order valence-electron chi connectivity index (χ0n) is 78.5. The largest absolute Gasteiger partial charge is 0.419 e. The number of benzene rings is 4. The molecule has 5 aliphatic heterocycles. The molecule has 29 nitrogen and oxygen atoms in total. The molecular weight excluding hydrogens is 1890 g/mol. The Morgan fingerprint density at radius 1 is 0.482 bits per heavy atom. The van der Waals surface area contributed by atoms with Gasteiger partial charge in [0.15, 0.2) is 9.84 Å². The maximum Gasteiger partial charge on any atom is 0.419 e. The Kier molecular flexibility index (Phi) is 30.3. The smallest absolute Gasteiger partial charge is 0.399 e. The van der Waals surface area contributed by atoms with Gasteiger partial charge in [-0.1, -0.05) is 54.6 Å². The van der Waals surface area contributed by atoms with Crippen molar-refractivity contribution >= 4 is 94.7 Å². The first-order chi connectivity index (χ1) is 66.4. The number of hydrogen-bond donors (Lipinski definition) is 6. The number of nitrogens with one attached hydrogen (secondary N) is 4. The molecule has 752 valence electrons. The topological polar surface area (TPSA) is 363 Å². The highest BCUT2D eigenvalue weighted by molar-refractivity contribution is 7.93. The summed E-state index contributed by atoms with van der Waals surface area (Å²) < 4.78 is 239. The van der Waals surface area contributed by atoms with E-state index < -0.39 is 150 Å². The van der Waals surface area contributed by atoms with Crippen molar-refractivity contribution in [3.8, 4) is 0 Å². The first-order valence-corrected chi connectivity index (χ1v) is 46.9. The molecule has 7 N–H and O–H groups in total. The minimum absolute atomic E-state index is 0.0114. The van der Waals surface area contributed by atoms with Crippen LogP contribution in [0.5, 0.6) is 0 Å². The number of nitrogens with two attached hydrogens (primary N) is 1. The summed E-state index contributed by atoms with van der Waals surface area (Å²) in [6.45, 7) is 13.2. The number of aromatic nitrogens is 12. The number of fused-ring (bicyclic) bond motifs is 6. The summed E-state index contributed by atoms with van der Waals surface area (Å²) >= 11 is 0. The molecule has 0 saturated carbocycles. The highest BCUT2D eigenvalue weighted by Gasteiger charge is 2.54. The van der Waals surface area contributed by atoms with Crippen molar-refractivity contribution in [1.82, 2.24) is 72.8 Å². The molecule has 2 amide bonds. The Labute approximate surface area is 797 Å². The summed E-state index contributed by atoms with van der Waals surface area (Å²) in [5.74, 6) is -3.93. The van der Waals surface area contributed by atoms with Gasteiger partial charge in [0.25, 0.3) is 41.5 Å². The van der Waals surface area contributed by atoms with Gasteiger partial charge in [-0.2, -0.15) is 13.2 Å². The number of hydrogen-bond acceptors (Lipinski definition) is 23. The number of aliphatic hydroxyl groups is 1. The van der Waals surface area contributed by atoms with Gasteiger partial charge in [0.2, 0.25) is 11.8 Å². The van der Waals surface area contributed by atoms with Crippen LogP contribution in [-0.2, 0) is 65.1 Å². The number of nitrogen functional groups attached to an aromatic ring is 1. The number of alkyl halides is 11. The number of nitrogens with zero attached hydrogens (tertiary/aromatic N) is 15. The van der Waals surface area contributed by atoms with E-state index in [0.29, 0.717) is 113 Å². The van der Waals surface area contributed by atoms with Gasteiger partial charge < -0.3 is 46.8 Å². The van der Waals surface area contributed by atoms with Crippen molar-refractivity contribution in [3.63, 3.8) is 0 Å². The van der Waals surface area contributed by atoms with Crippen LogP contribution < -0.4 is 49.2 Å². The molecule has 4 aromatic carbocycles. The molecule has 8 atom stereocenters. The van der Waals surface area contributed by atoms with E-state index in [1.54, 1.807) is 58.8 Å². The first-order valence-electron chi connectivity index (χ1n) is 45.3. The van der Waals surface area contributed by atoms with Crippen LogP contribution in [0.1, 0.15) is 227 Å². The fourth-order valence-electron chi connectivity index (χ4n) is 19.3. The average molecular weight is 2000 g/mol. The molecule has 5 fully saturated rings. The molecule has 13 heterocycles. The predicted molar refractivity (Wildman–Crippen MR) is 499 cm³/mol. The standard InChI is InChI=1S/C24H26F4N6O2.C24H25F4N5O2.C24H27F4N5O.C24H25F3N4O4S/c1-12(16-8-15(29)9-19(20(16)25)24(26,27)28)32-21-18-10-17(14-4-6-34(7-5-14)13(2)35)23(36)33(3)22(18)31-11-30-21;1-13(15-5-4-6-16(19(15)25)20(26)27)31-21-17-11-18(23(35)32(3)22(17)30-12-29-21)24(28)7-9-33(10-8-24)14(2)34;1-12(14-6-5-7-16(20(14)26)21(27)28)29-22-18-10-17(15-8-9-32(3)11-19(15)25)24(34)33(4)23(18)31-13(2)30-22;1-12(15-4-3-5-16(19(15)25)20(26)27)30-21-17-8-18(23(32)31(2)22(17)29-11-28-21)24(33)9-13-6-7-14(10-24)36(13,34)35/h8-12,14H,4-7,29H2,1-3H3,(H,30,31,32);4-6,11-13,20H,7-10H2,1-3H3,(H,29,30,31);5-7,10,12,15,19,21H,8-9,11H2,1-4H3,(H,29,30,31);3-5,8,11-14,20,33H,6-7,9-10H2,1-2H3,(H,28,29,30)/t12-;13-;12-,15?,19?;12-,13?,14?,24?/m1111/s1. The molecule has 17 rings (SSSR count). The second-order valence-corrected chi connectivity index (χ2v) is 38.9. The Morgan fingerprint density at radius 2 is 0.865 bits per heavy atom. The predicted octanol–water partition coefficient (Wildman–Crippen LogP) is 16.5. The number of rotatable bonds is 19. The maximum absolute atomic E-state index is 16.0. The molecule has 4 unspecified atom stereocenters. The molecule has 5 aliphatic rings. The lowest BCUT2D eigenvalue weighted by Gasteiger charge is -2.36. The van der Waals surface area contributed by atoms with E-state index in [4.69, 9.17) is 5.73 Å². The molecule has 0 radical (unpaired) electrons. The number of pyridine rings is 4. The summed E-state index contributed by atoms with van der Waals surface area (Å²) in [6, 6.07) is 16.0. The lowest BCUT2D eigenvalue weighted by atomic mass is 9.86. The van der Waals surface area contributed by atoms with E-state index >= 15 is 4.39 Å². The highest BCUT2D eigenvalue weighted by Crippen LogP contribution is 2.49. The zero-order valence-corrected chi connectivity index (χ0v) is 79.3. The first kappa shape index (κ1) is 104. The lowest BCUT2D eigenvalue weighted by Crippen LogP contribution is -2.46. The summed E-state index contributed by atoms with van der Waals surface area (Å²) in [5.41, 5.74) is -1.51. The second kappa shape index (κ2) is 41.2. The third-order valence-electron chi connectivity index (χ3n) is 27.2. The fourth-order valence-corrected chi connectivity index (χ4v) is 21.8. The molecule has 2 bridgehead atoms. The Morgan fingerprint density at radius 3 is 1.30 bits per heavy atom. The lowest BCUT2D eigenvalue weighted by molar-refractivity contribution is -0.140. The van der Waals surface area contributed by atoms with Gasteiger partial charge in [0, 0.05) is 138 Å². The van der Waals surface area contributed by atoms with Gasteiger partial charge in [-0.25, -0.2) is 101 Å². The van der Waals surface area contributed by atoms with Crippen molar-refractivity contribution in [2.45, 2.75) is 196 Å². The van der Waals surface area contributed by atoms with Crippen LogP contribution in [0.3, 0.4) is 0 Å². The van der Waals surface area contributed by atoms with E-state index in [1.165, 1.54) is 126 Å². The van der Waals surface area contributed by atoms with Gasteiger partial charge in [0.05, 0.1) is 89.6 Å². The van der Waals surface area contributed by atoms with Gasteiger partial charge in [0.1, 0.15) is 106 Å². The van der Waals surface area contributed by atoms with Crippen LogP contribution in [0, 0.1) is 30.2 Å². The van der Waals surface area contributed by atoms with Crippen LogP contribution in [0.25, 0.3) is 44.1 Å². The molecule has 141 heavy (non-hydrogen) atoms. The number of halogens is 15. The summed E-state index contributed by atoms with van der Waals surface area (Å²) in [4.78, 5) is 115. The van der Waals surface area contributed by atoms with E-state index in [-0.39, 0.29) is 142 Å². The van der Waals surface area contributed by atoms with Crippen molar-refractivity contribution < 1.29 is 89.0 Å². The van der Waals surface area contributed by atoms with Gasteiger partial charge >= 0.3 is 6.18 Å². The summed E-state index contributed by atoms with van der Waals surface area (Å²) in [5, 5.41) is 23.8. The Bertz CT molecular complexity index is 7180. The molecule has 8 aromatic heterocycles. The molecule has 5 saturated heterocycles. The highest BCUT2D eigenvalue weighted by atomic mass is 32.2. The minimum Gasteiger partial charge on any atom is -0.399 e. The normalized spacial score (nSPS) is 19.6. The molecule has 0 spiro atoms. The van der Waals surface area contributed by atoms with Crippen molar-refractivity contribution in [3.05, 3.63) is 247 Å². The van der Waals surface area contributed by atoms with E-state index in [2.05, 4.69) is 61.1 Å². The summed E-state index contributed by atoms with van der Waals surface area (Å²) in [6.07, 6.45) is -8.94. The van der Waals surface area contributed by atoms with Crippen LogP contribution in [0.4, 0.5) is 94.8 Å². The number of sulfone groups is 1. The number of anilines is 5. The van der Waals surface area contributed by atoms with Gasteiger partial charge in [-0.15, -0.1) is 0 Å². The van der Waals surface area contributed by atoms with E-state index in [0.717, 1.165) is 24.3 Å². The Balaban J connectivity index is 0.000000150. The number of likely N-dealkylation sites (tertiary alicyclic amines) is 3. The Hall–Kier alpha value is -13.2. The molecule has 0 aliphatic carbocycles. The second-order valence-electron chi connectivity index (χ2n) is 36.4. The van der Waals surface area contributed by atoms with E-state index in [1.807, 2.05) is 11.9 Å². The maximum atomic E-state index is 16.0. The van der Waals surface area contributed by atoms with Crippen LogP contribution in [0.15, 0.2) is 129 Å². The summed E-state index contributed by atoms with van der Waals surface area (Å²) in [7, 11) is 4.60. The quantitative estimate of drug-likeness (QED) is 0.0323. The third-order valence-corrected chi connectivity index (χ3v) is 29.9. The van der Waals surface area contributed by atoms with Crippen LogP contribution in [0.2, 0.25) is 0 Å². The van der Waals surface area contributed by atoms with Crippen LogP contribution in [-0.4, -0.2) is 161 Å². The third kappa shape index (κ3) is 21.0. The van der Waals surface area contributed by atoms with Crippen molar-refractivity contribution in [2.75, 3.05) is 73.3 Å². The fraction of sp³-hybridized carbons (Fsp3) is 0.438. The number of carbonyl (C=O) groups is 2. The van der Waals surface area contributed by atoms with Gasteiger partial charge in [-0.3, -0.25) is 47.0 Å². The van der Waals surface area contributed by atoms with Crippen LogP contribution >= 0.6 is 0 Å². The van der Waals surface area contributed by atoms with Crippen molar-refractivity contribution in [2.24, 2.45) is 28.2 Å². The average Bonchev–Trinajstić information content (AvgIpc) is 1.62. The van der Waals surface area contributed by atoms with E-state index in [9.17, 15) is 104 Å². The van der Waals surface area contributed by atoms with Crippen molar-refractivity contribution in [1.29, 1.82) is 0 Å². The SMILES string of the molecule is CC(=O)N1CCC(F)(c2cc3c(N[C@H](C)c4cccc(C(F)F)c4F)ncnc3n(C)c2=O)CC1.CC(=O)N1CCC(c2cc3c(N[C@H](C)c4cc(N)cc(C(F)(F)F)c4F)ncnc3n(C)c2=O)CC1.C[C@@H](Nc1ncnc2c1cc(C1(O)CC3CCC(C1)S3(=O)=O)c(=O)n2C)c1cccc(C(F)F)c1F.Cc1nc(N[C@H](C)c2cccc(C(F)F)c2F)c2cc(C3CCN(C)CC3F)c(=O)n(C)c2n1. The number of amides is 2. The molecular formula is C96H103F15N20O9S. The minimum atomic E-state index is -4.90. The number of aryl methyl sites for hydroxylation is 5. The number of carbonyl (C=O) groups excluding carboxylic acids is 2. The molecule has 45 heteroatoms. The monoisotopic (exact) mass is 2000 g/mol. The number of piperidine rings is 3.